The van der Waals surface area contributed by atoms with Gasteiger partial charge in [-0.3, -0.25) is 4.79 Å². The van der Waals surface area contributed by atoms with E-state index in [1.165, 1.54) is 5.56 Å². The number of aliphatic hydroxyl groups is 1. The van der Waals surface area contributed by atoms with E-state index in [4.69, 9.17) is 9.72 Å². The smallest absolute Gasteiger partial charge is 0.227 e. The Morgan fingerprint density at radius 3 is 2.46 bits per heavy atom. The van der Waals surface area contributed by atoms with Gasteiger partial charge in [-0.2, -0.15) is 0 Å². The molecule has 2 heterocycles. The van der Waals surface area contributed by atoms with E-state index in [1.54, 1.807) is 0 Å². The molecule has 3 aromatic carbocycles. The molecule has 0 bridgehead atoms. The molecule has 0 spiro atoms. The fourth-order valence-electron chi connectivity index (χ4n) is 4.74. The predicted molar refractivity (Wildman–Crippen MR) is 138 cm³/mol. The number of hydrogen-bond donors (Lipinski definition) is 1. The summed E-state index contributed by atoms with van der Waals surface area (Å²) in [5.41, 5.74) is 3.97. The Labute approximate surface area is 205 Å². The van der Waals surface area contributed by atoms with E-state index in [0.717, 1.165) is 28.3 Å². The summed E-state index contributed by atoms with van der Waals surface area (Å²) in [6.07, 6.45) is -0.328. The number of aliphatic hydroxyl groups excluding tert-OH is 1. The van der Waals surface area contributed by atoms with Crippen LogP contribution in [0.2, 0.25) is 0 Å². The number of carbonyl (C=O) groups is 1. The maximum absolute atomic E-state index is 12.9. The summed E-state index contributed by atoms with van der Waals surface area (Å²) in [6.45, 7) is 5.40. The van der Waals surface area contributed by atoms with Gasteiger partial charge >= 0.3 is 0 Å². The molecule has 1 saturated heterocycles. The first-order chi connectivity index (χ1) is 17.0. The van der Waals surface area contributed by atoms with Crippen molar-refractivity contribution in [3.8, 4) is 5.75 Å². The van der Waals surface area contributed by atoms with Crippen molar-refractivity contribution in [2.75, 3.05) is 18.1 Å². The molecule has 0 radical (unpaired) electrons. The maximum Gasteiger partial charge on any atom is 0.227 e. The van der Waals surface area contributed by atoms with Gasteiger partial charge in [0.2, 0.25) is 5.91 Å². The van der Waals surface area contributed by atoms with Crippen LogP contribution in [0.4, 0.5) is 5.69 Å². The molecule has 1 aromatic heterocycles. The van der Waals surface area contributed by atoms with Gasteiger partial charge in [-0.25, -0.2) is 4.98 Å². The highest BCUT2D eigenvalue weighted by Crippen LogP contribution is 2.33. The van der Waals surface area contributed by atoms with Crippen molar-refractivity contribution in [1.29, 1.82) is 0 Å². The van der Waals surface area contributed by atoms with Crippen LogP contribution >= 0.6 is 0 Å². The summed E-state index contributed by atoms with van der Waals surface area (Å²) in [5, 5.41) is 10.9. The normalized spacial score (nSPS) is 16.9. The summed E-state index contributed by atoms with van der Waals surface area (Å²) in [5.74, 6) is 2.07. The quantitative estimate of drug-likeness (QED) is 0.389. The van der Waals surface area contributed by atoms with Gasteiger partial charge in [-0.1, -0.05) is 56.3 Å². The number of benzene rings is 3. The van der Waals surface area contributed by atoms with Crippen molar-refractivity contribution in [3.05, 3.63) is 90.3 Å². The first kappa shape index (κ1) is 23.1. The fourth-order valence-corrected chi connectivity index (χ4v) is 4.74. The first-order valence-electron chi connectivity index (χ1n) is 12.2. The van der Waals surface area contributed by atoms with Crippen LogP contribution < -0.4 is 9.64 Å². The third-order valence-electron chi connectivity index (χ3n) is 6.62. The number of nitrogens with zero attached hydrogens (tertiary/aromatic N) is 3. The molecule has 1 N–H and O–H groups in total. The van der Waals surface area contributed by atoms with E-state index in [-0.39, 0.29) is 18.4 Å². The predicted octanol–water partition coefficient (Wildman–Crippen LogP) is 5.12. The molecule has 6 nitrogen and oxygen atoms in total. The number of carbonyl (C=O) groups excluding carboxylic acids is 1. The molecule has 180 valence electrons. The van der Waals surface area contributed by atoms with Gasteiger partial charge in [0.15, 0.2) is 0 Å². The molecule has 0 aliphatic carbocycles. The largest absolute Gasteiger partial charge is 0.491 e. The van der Waals surface area contributed by atoms with Gasteiger partial charge < -0.3 is 19.3 Å². The van der Waals surface area contributed by atoms with Gasteiger partial charge in [-0.05, 0) is 47.9 Å². The highest BCUT2D eigenvalue weighted by molar-refractivity contribution is 5.96. The molecule has 1 aliphatic rings. The number of rotatable bonds is 8. The van der Waals surface area contributed by atoms with Crippen LogP contribution in [0.15, 0.2) is 78.9 Å². The molecule has 35 heavy (non-hydrogen) atoms. The molecule has 5 rings (SSSR count). The lowest BCUT2D eigenvalue weighted by Gasteiger charge is -2.19. The van der Waals surface area contributed by atoms with E-state index >= 15 is 0 Å². The molecular weight excluding hydrogens is 438 g/mol. The second-order valence-electron chi connectivity index (χ2n) is 9.50. The van der Waals surface area contributed by atoms with Crippen LogP contribution in [0.5, 0.6) is 5.75 Å². The first-order valence-corrected chi connectivity index (χ1v) is 12.2. The standard InChI is InChI=1S/C29H31N3O3/c1-20(2)21-12-14-25(15-13-21)35-19-24(33)18-32-27-11-7-6-10-26(27)30-29(32)22-16-28(34)31(17-22)23-8-4-3-5-9-23/h3-15,20,22,24,33H,16-19H2,1-2H3/t22-,24+/m0/s1. The molecule has 1 amide bonds. The van der Waals surface area contributed by atoms with Gasteiger partial charge in [0.1, 0.15) is 24.3 Å². The summed E-state index contributed by atoms with van der Waals surface area (Å²) in [7, 11) is 0. The second kappa shape index (κ2) is 9.92. The number of fused-ring (bicyclic) bond motifs is 1. The van der Waals surface area contributed by atoms with Crippen LogP contribution in [0, 0.1) is 0 Å². The van der Waals surface area contributed by atoms with E-state index < -0.39 is 6.10 Å². The minimum Gasteiger partial charge on any atom is -0.491 e. The Kier molecular flexibility index (Phi) is 6.55. The topological polar surface area (TPSA) is 67.6 Å². The number of para-hydroxylation sites is 3. The zero-order valence-electron chi connectivity index (χ0n) is 20.2. The molecular formula is C29H31N3O3. The van der Waals surface area contributed by atoms with Crippen molar-refractivity contribution in [3.63, 3.8) is 0 Å². The Balaban J connectivity index is 1.34. The molecule has 2 atom stereocenters. The molecule has 6 heteroatoms. The Morgan fingerprint density at radius 2 is 1.71 bits per heavy atom. The SMILES string of the molecule is CC(C)c1ccc(OC[C@H](O)Cn2c([C@H]3CC(=O)N(c4ccccc4)C3)nc3ccccc32)cc1. The Bertz CT molecular complexity index is 1300. The van der Waals surface area contributed by atoms with Gasteiger partial charge in [0.25, 0.3) is 0 Å². The molecule has 0 saturated carbocycles. The molecule has 4 aromatic rings. The Morgan fingerprint density at radius 1 is 1.00 bits per heavy atom. The van der Waals surface area contributed by atoms with Crippen LogP contribution in [-0.2, 0) is 11.3 Å². The van der Waals surface area contributed by atoms with Crippen LogP contribution in [0.3, 0.4) is 0 Å². The summed E-state index contributed by atoms with van der Waals surface area (Å²) < 4.78 is 7.93. The number of anilines is 1. The van der Waals surface area contributed by atoms with E-state index in [9.17, 15) is 9.90 Å². The third kappa shape index (κ3) is 4.93. The Hall–Kier alpha value is -3.64. The lowest BCUT2D eigenvalue weighted by Crippen LogP contribution is -2.26. The number of aromatic nitrogens is 2. The highest BCUT2D eigenvalue weighted by atomic mass is 16.5. The van der Waals surface area contributed by atoms with Gasteiger partial charge in [0.05, 0.1) is 17.6 Å². The monoisotopic (exact) mass is 469 g/mol. The molecule has 1 fully saturated rings. The van der Waals surface area contributed by atoms with Crippen molar-refractivity contribution in [2.45, 2.75) is 44.8 Å². The zero-order chi connectivity index (χ0) is 24.4. The van der Waals surface area contributed by atoms with E-state index in [0.29, 0.717) is 25.4 Å². The van der Waals surface area contributed by atoms with Gasteiger partial charge in [0, 0.05) is 24.6 Å². The zero-order valence-corrected chi connectivity index (χ0v) is 20.2. The van der Waals surface area contributed by atoms with Crippen molar-refractivity contribution < 1.29 is 14.6 Å². The third-order valence-corrected chi connectivity index (χ3v) is 6.62. The average Bonchev–Trinajstić information content (AvgIpc) is 3.44. The summed E-state index contributed by atoms with van der Waals surface area (Å²) in [4.78, 5) is 19.6. The molecule has 0 unspecified atom stereocenters. The second-order valence-corrected chi connectivity index (χ2v) is 9.50. The lowest BCUT2D eigenvalue weighted by molar-refractivity contribution is -0.117. The minimum atomic E-state index is -0.724. The van der Waals surface area contributed by atoms with Crippen molar-refractivity contribution in [1.82, 2.24) is 9.55 Å². The number of ether oxygens (including phenoxy) is 1. The van der Waals surface area contributed by atoms with Crippen molar-refractivity contribution >= 4 is 22.6 Å². The van der Waals surface area contributed by atoms with Crippen LogP contribution in [-0.4, -0.2) is 39.8 Å². The molecule has 1 aliphatic heterocycles. The van der Waals surface area contributed by atoms with E-state index in [1.807, 2.05) is 71.6 Å². The van der Waals surface area contributed by atoms with Crippen molar-refractivity contribution in [2.24, 2.45) is 0 Å². The van der Waals surface area contributed by atoms with Crippen LogP contribution in [0.25, 0.3) is 11.0 Å². The summed E-state index contributed by atoms with van der Waals surface area (Å²) >= 11 is 0. The average molecular weight is 470 g/mol. The number of imidazole rings is 1. The van der Waals surface area contributed by atoms with Crippen LogP contribution in [0.1, 0.15) is 43.5 Å². The highest BCUT2D eigenvalue weighted by Gasteiger charge is 2.35. The van der Waals surface area contributed by atoms with E-state index in [2.05, 4.69) is 30.5 Å². The minimum absolute atomic E-state index is 0.0493. The van der Waals surface area contributed by atoms with Gasteiger partial charge in [-0.15, -0.1) is 0 Å². The maximum atomic E-state index is 12.9. The lowest BCUT2D eigenvalue weighted by atomic mass is 10.0. The fraction of sp³-hybridized carbons (Fsp3) is 0.310. The number of hydrogen-bond acceptors (Lipinski definition) is 4. The number of amides is 1. The summed E-state index contributed by atoms with van der Waals surface area (Å²) in [6, 6.07) is 25.7.